The van der Waals surface area contributed by atoms with Crippen molar-refractivity contribution in [3.8, 4) is 5.75 Å². The normalized spacial score (nSPS) is 18.6. The molecule has 0 saturated heterocycles. The van der Waals surface area contributed by atoms with Gasteiger partial charge in [-0.2, -0.15) is 26.3 Å². The largest absolute Gasteiger partial charge is 0.494 e. The Morgan fingerprint density at radius 3 is 2.37 bits per heavy atom. The first-order valence-corrected chi connectivity index (χ1v) is 13.9. The number of aliphatic imine (C=N–C) groups is 1. The maximum absolute atomic E-state index is 14.8. The van der Waals surface area contributed by atoms with Crippen LogP contribution in [0.5, 0.6) is 5.75 Å². The van der Waals surface area contributed by atoms with Gasteiger partial charge in [0.05, 0.1) is 18.1 Å². The molecule has 0 unspecified atom stereocenters. The number of hydrogen-bond donors (Lipinski definition) is 2. The van der Waals surface area contributed by atoms with E-state index in [0.717, 1.165) is 18.3 Å². The van der Waals surface area contributed by atoms with Gasteiger partial charge in [0.1, 0.15) is 5.75 Å². The number of carbonyl (C=O) groups excluding carboxylic acids is 1. The molecule has 41 heavy (non-hydrogen) atoms. The predicted molar refractivity (Wildman–Crippen MR) is 140 cm³/mol. The van der Waals surface area contributed by atoms with Crippen LogP contribution in [0.2, 0.25) is 0 Å². The number of ether oxygens (including phenoxy) is 1. The SMILES string of the molecule is C/N=C\CS(=O)(=O)NCC1=C(c2ccc(C)cn2)C[C@](c2ccc(OCCCC(F)(F)F)cc2)(C(F)(F)F)NC1=O. The minimum Gasteiger partial charge on any atom is -0.494 e. The fourth-order valence-electron chi connectivity index (χ4n) is 4.12. The van der Waals surface area contributed by atoms with Crippen molar-refractivity contribution in [2.75, 3.05) is 26.0 Å². The van der Waals surface area contributed by atoms with E-state index in [1.54, 1.807) is 13.0 Å². The lowest BCUT2D eigenvalue weighted by atomic mass is 9.77. The van der Waals surface area contributed by atoms with Crippen molar-refractivity contribution in [1.82, 2.24) is 15.0 Å². The highest BCUT2D eigenvalue weighted by Gasteiger charge is 2.59. The van der Waals surface area contributed by atoms with Crippen LogP contribution in [0.3, 0.4) is 0 Å². The Kier molecular flexibility index (Phi) is 9.85. The molecule has 224 valence electrons. The monoisotopic (exact) mass is 606 g/mol. The lowest BCUT2D eigenvalue weighted by Crippen LogP contribution is -2.59. The van der Waals surface area contributed by atoms with E-state index in [1.807, 2.05) is 5.32 Å². The summed E-state index contributed by atoms with van der Waals surface area (Å²) in [5.41, 5.74) is -2.84. The molecule has 0 fully saturated rings. The zero-order valence-corrected chi connectivity index (χ0v) is 22.9. The van der Waals surface area contributed by atoms with E-state index in [9.17, 15) is 39.6 Å². The summed E-state index contributed by atoms with van der Waals surface area (Å²) in [4.78, 5) is 21.0. The average molecular weight is 607 g/mol. The number of sulfonamides is 1. The molecule has 0 saturated carbocycles. The van der Waals surface area contributed by atoms with E-state index in [2.05, 4.69) is 14.7 Å². The minimum atomic E-state index is -5.02. The number of halogens is 6. The standard InChI is InChI=1S/C26H28F6N4O4S/c1-17-4-9-22(34-15-17)20-14-24(26(30,31)32,36-23(37)21(20)16-35-41(38,39)13-11-33-2)18-5-7-19(8-6-18)40-12-3-10-25(27,28)29/h4-9,11,15,35H,3,10,12-14,16H2,1-2H3,(H,36,37)/b33-11-/t24-/m0/s1. The second-order valence-electron chi connectivity index (χ2n) is 9.35. The third kappa shape index (κ3) is 8.28. The molecule has 15 heteroatoms. The molecule has 1 atom stereocenters. The molecule has 8 nitrogen and oxygen atoms in total. The summed E-state index contributed by atoms with van der Waals surface area (Å²) in [5, 5.41) is 2.04. The number of rotatable bonds is 11. The number of alkyl halides is 6. The zero-order valence-electron chi connectivity index (χ0n) is 22.1. The van der Waals surface area contributed by atoms with Crippen LogP contribution in [0.25, 0.3) is 5.57 Å². The van der Waals surface area contributed by atoms with E-state index in [0.29, 0.717) is 5.56 Å². The van der Waals surface area contributed by atoms with E-state index in [-0.39, 0.29) is 41.2 Å². The number of nitrogens with one attached hydrogen (secondary N) is 2. The molecule has 1 amide bonds. The second-order valence-corrected chi connectivity index (χ2v) is 11.2. The van der Waals surface area contributed by atoms with E-state index >= 15 is 0 Å². The maximum atomic E-state index is 14.8. The summed E-state index contributed by atoms with van der Waals surface area (Å²) >= 11 is 0. The first-order chi connectivity index (χ1) is 19.1. The predicted octanol–water partition coefficient (Wildman–Crippen LogP) is 4.46. The van der Waals surface area contributed by atoms with Gasteiger partial charge < -0.3 is 10.1 Å². The average Bonchev–Trinajstić information content (AvgIpc) is 2.88. The van der Waals surface area contributed by atoms with Crippen molar-refractivity contribution in [2.24, 2.45) is 4.99 Å². The van der Waals surface area contributed by atoms with Crippen molar-refractivity contribution >= 4 is 27.7 Å². The number of amides is 1. The molecule has 0 aliphatic carbocycles. The van der Waals surface area contributed by atoms with E-state index in [1.165, 1.54) is 31.4 Å². The molecular formula is C26H28F6N4O4S. The molecule has 2 heterocycles. The quantitative estimate of drug-likeness (QED) is 0.223. The maximum Gasteiger partial charge on any atom is 0.416 e. The van der Waals surface area contributed by atoms with Crippen molar-refractivity contribution in [3.63, 3.8) is 0 Å². The van der Waals surface area contributed by atoms with Gasteiger partial charge >= 0.3 is 12.4 Å². The molecule has 0 spiro atoms. The van der Waals surface area contributed by atoms with Crippen molar-refractivity contribution in [1.29, 1.82) is 0 Å². The summed E-state index contributed by atoms with van der Waals surface area (Å²) in [6.45, 7) is 0.834. The molecule has 0 bridgehead atoms. The fourth-order valence-corrected chi connectivity index (χ4v) is 4.95. The molecule has 1 aromatic carbocycles. The van der Waals surface area contributed by atoms with Crippen LogP contribution >= 0.6 is 0 Å². The van der Waals surface area contributed by atoms with Crippen LogP contribution in [0.15, 0.2) is 53.2 Å². The van der Waals surface area contributed by atoms with Gasteiger partial charge in [-0.05, 0) is 48.2 Å². The number of benzene rings is 1. The molecule has 2 aromatic rings. The molecule has 1 aliphatic rings. The molecule has 2 N–H and O–H groups in total. The number of nitrogens with zero attached hydrogens (tertiary/aromatic N) is 2. The van der Waals surface area contributed by atoms with Crippen molar-refractivity contribution < 1.29 is 44.3 Å². The zero-order chi connectivity index (χ0) is 30.5. The molecule has 3 rings (SSSR count). The second kappa shape index (κ2) is 12.6. The smallest absolute Gasteiger partial charge is 0.416 e. The number of pyridine rings is 1. The first-order valence-electron chi connectivity index (χ1n) is 12.3. The fraction of sp³-hybridized carbons (Fsp3) is 0.423. The van der Waals surface area contributed by atoms with Crippen LogP contribution in [0.4, 0.5) is 26.3 Å². The summed E-state index contributed by atoms with van der Waals surface area (Å²) in [6, 6.07) is 7.54. The number of hydrogen-bond acceptors (Lipinski definition) is 6. The van der Waals surface area contributed by atoms with Gasteiger partial charge in [0.2, 0.25) is 15.9 Å². The third-order valence-electron chi connectivity index (χ3n) is 6.28. The highest BCUT2D eigenvalue weighted by Crippen LogP contribution is 2.48. The first kappa shape index (κ1) is 32.1. The molecule has 0 radical (unpaired) electrons. The van der Waals surface area contributed by atoms with Gasteiger partial charge in [0, 0.05) is 44.4 Å². The Bertz CT molecular complexity index is 1390. The Hall–Kier alpha value is -3.46. The lowest BCUT2D eigenvalue weighted by Gasteiger charge is -2.41. The number of aryl methyl sites for hydroxylation is 1. The van der Waals surface area contributed by atoms with Crippen LogP contribution in [0.1, 0.15) is 36.1 Å². The van der Waals surface area contributed by atoms with Gasteiger partial charge in [-0.1, -0.05) is 18.2 Å². The van der Waals surface area contributed by atoms with Gasteiger partial charge in [-0.25, -0.2) is 13.1 Å². The molecule has 1 aromatic heterocycles. The van der Waals surface area contributed by atoms with Crippen molar-refractivity contribution in [2.45, 2.75) is 44.1 Å². The Morgan fingerprint density at radius 1 is 1.12 bits per heavy atom. The van der Waals surface area contributed by atoms with Gasteiger partial charge in [0.15, 0.2) is 5.54 Å². The van der Waals surface area contributed by atoms with Crippen LogP contribution < -0.4 is 14.8 Å². The van der Waals surface area contributed by atoms with Gasteiger partial charge in [0.25, 0.3) is 0 Å². The summed E-state index contributed by atoms with van der Waals surface area (Å²) in [5.74, 6) is -1.59. The van der Waals surface area contributed by atoms with E-state index in [4.69, 9.17) is 4.74 Å². The van der Waals surface area contributed by atoms with Crippen molar-refractivity contribution in [3.05, 3.63) is 65.0 Å². The summed E-state index contributed by atoms with van der Waals surface area (Å²) in [6.07, 6.45) is -9.04. The highest BCUT2D eigenvalue weighted by molar-refractivity contribution is 7.90. The summed E-state index contributed by atoms with van der Waals surface area (Å²) < 4.78 is 113. The van der Waals surface area contributed by atoms with Crippen LogP contribution in [-0.2, 0) is 20.4 Å². The summed E-state index contributed by atoms with van der Waals surface area (Å²) in [7, 11) is -2.57. The minimum absolute atomic E-state index is 0.0528. The van der Waals surface area contributed by atoms with Gasteiger partial charge in [-0.15, -0.1) is 0 Å². The van der Waals surface area contributed by atoms with Crippen LogP contribution in [-0.4, -0.2) is 63.8 Å². The topological polar surface area (TPSA) is 110 Å². The van der Waals surface area contributed by atoms with Crippen LogP contribution in [0, 0.1) is 6.92 Å². The number of aromatic nitrogens is 1. The third-order valence-corrected chi connectivity index (χ3v) is 7.45. The van der Waals surface area contributed by atoms with E-state index < -0.39 is 59.0 Å². The Labute approximate surface area is 233 Å². The molecule has 1 aliphatic heterocycles. The Morgan fingerprint density at radius 2 is 1.80 bits per heavy atom. The Balaban J connectivity index is 1.99. The highest BCUT2D eigenvalue weighted by atomic mass is 32.2. The molecular weight excluding hydrogens is 578 g/mol. The number of carbonyl (C=O) groups is 1. The van der Waals surface area contributed by atoms with Gasteiger partial charge in [-0.3, -0.25) is 14.8 Å². The lowest BCUT2D eigenvalue weighted by molar-refractivity contribution is -0.201.